The predicted molar refractivity (Wildman–Crippen MR) is 67.1 cm³/mol. The van der Waals surface area contributed by atoms with E-state index in [4.69, 9.17) is 10.5 Å². The zero-order valence-corrected chi connectivity index (χ0v) is 10.8. The zero-order chi connectivity index (χ0) is 12.6. The minimum Gasteiger partial charge on any atom is -0.458 e. The number of esters is 1. The molecule has 0 amide bonds. The Bertz CT molecular complexity index is 214. The predicted octanol–water partition coefficient (Wildman–Crippen LogP) is 2.79. The lowest BCUT2D eigenvalue weighted by Crippen LogP contribution is -2.40. The number of rotatable bonds is 8. The van der Waals surface area contributed by atoms with Crippen LogP contribution in [0.2, 0.25) is 0 Å². The molecule has 2 N–H and O–H groups in total. The molecule has 16 heavy (non-hydrogen) atoms. The van der Waals surface area contributed by atoms with Gasteiger partial charge in [-0.25, -0.2) is 0 Å². The Labute approximate surface area is 99.0 Å². The Morgan fingerprint density at radius 3 is 2.25 bits per heavy atom. The molecule has 1 atom stereocenters. The number of carbonyl (C=O) groups is 1. The van der Waals surface area contributed by atoms with E-state index in [2.05, 4.69) is 6.58 Å². The van der Waals surface area contributed by atoms with Gasteiger partial charge in [0.2, 0.25) is 0 Å². The van der Waals surface area contributed by atoms with Crippen LogP contribution in [-0.4, -0.2) is 17.6 Å². The first kappa shape index (κ1) is 15.2. The maximum Gasteiger partial charge on any atom is 0.323 e. The summed E-state index contributed by atoms with van der Waals surface area (Å²) < 4.78 is 5.55. The molecule has 0 aromatic heterocycles. The van der Waals surface area contributed by atoms with E-state index in [0.717, 1.165) is 25.7 Å². The zero-order valence-electron chi connectivity index (χ0n) is 10.8. The molecule has 94 valence electrons. The van der Waals surface area contributed by atoms with E-state index in [-0.39, 0.29) is 11.6 Å². The van der Waals surface area contributed by atoms with Crippen LogP contribution >= 0.6 is 0 Å². The van der Waals surface area contributed by atoms with Crippen LogP contribution in [0, 0.1) is 0 Å². The number of allylic oxidation sites excluding steroid dienone is 1. The SMILES string of the molecule is C=CCCC(N)C(=O)OC(CC)(CC)CC. The Morgan fingerprint density at radius 2 is 1.88 bits per heavy atom. The number of hydrogen-bond donors (Lipinski definition) is 1. The highest BCUT2D eigenvalue weighted by Gasteiger charge is 2.30. The lowest BCUT2D eigenvalue weighted by Gasteiger charge is -2.31. The van der Waals surface area contributed by atoms with Crippen molar-refractivity contribution in [3.63, 3.8) is 0 Å². The topological polar surface area (TPSA) is 52.3 Å². The highest BCUT2D eigenvalue weighted by Crippen LogP contribution is 2.25. The summed E-state index contributed by atoms with van der Waals surface area (Å²) in [5.74, 6) is -0.285. The maximum atomic E-state index is 11.8. The van der Waals surface area contributed by atoms with E-state index < -0.39 is 6.04 Å². The van der Waals surface area contributed by atoms with Crippen LogP contribution < -0.4 is 5.73 Å². The van der Waals surface area contributed by atoms with Gasteiger partial charge in [-0.2, -0.15) is 0 Å². The van der Waals surface area contributed by atoms with Gasteiger partial charge >= 0.3 is 5.97 Å². The Kier molecular flexibility index (Phi) is 7.06. The summed E-state index contributed by atoms with van der Waals surface area (Å²) in [5.41, 5.74) is 5.42. The van der Waals surface area contributed by atoms with Crippen LogP contribution in [0.15, 0.2) is 12.7 Å². The quantitative estimate of drug-likeness (QED) is 0.512. The normalized spacial score (nSPS) is 13.2. The smallest absolute Gasteiger partial charge is 0.323 e. The van der Waals surface area contributed by atoms with Gasteiger partial charge in [-0.15, -0.1) is 6.58 Å². The van der Waals surface area contributed by atoms with Gasteiger partial charge < -0.3 is 10.5 Å². The molecule has 0 aliphatic heterocycles. The molecule has 3 heteroatoms. The average molecular weight is 227 g/mol. The van der Waals surface area contributed by atoms with Crippen LogP contribution in [0.4, 0.5) is 0 Å². The first-order valence-electron chi connectivity index (χ1n) is 6.14. The van der Waals surface area contributed by atoms with E-state index in [1.807, 2.05) is 20.8 Å². The Morgan fingerprint density at radius 1 is 1.38 bits per heavy atom. The Hall–Kier alpha value is -0.830. The van der Waals surface area contributed by atoms with Gasteiger partial charge in [-0.05, 0) is 32.1 Å². The van der Waals surface area contributed by atoms with Gasteiger partial charge in [0.25, 0.3) is 0 Å². The lowest BCUT2D eigenvalue weighted by molar-refractivity contribution is -0.163. The second-order valence-electron chi connectivity index (χ2n) is 4.14. The lowest BCUT2D eigenvalue weighted by atomic mass is 9.94. The van der Waals surface area contributed by atoms with Gasteiger partial charge in [0.1, 0.15) is 11.6 Å². The van der Waals surface area contributed by atoms with Gasteiger partial charge in [-0.1, -0.05) is 26.8 Å². The average Bonchev–Trinajstić information content (AvgIpc) is 2.32. The van der Waals surface area contributed by atoms with Crippen LogP contribution in [0.1, 0.15) is 52.9 Å². The molecular formula is C13H25NO2. The monoisotopic (exact) mass is 227 g/mol. The van der Waals surface area contributed by atoms with Crippen LogP contribution in [0.3, 0.4) is 0 Å². The Balaban J connectivity index is 4.33. The minimum absolute atomic E-state index is 0.285. The molecule has 0 aliphatic rings. The van der Waals surface area contributed by atoms with Gasteiger partial charge in [-0.3, -0.25) is 4.79 Å². The van der Waals surface area contributed by atoms with Crippen LogP contribution in [0.5, 0.6) is 0 Å². The summed E-state index contributed by atoms with van der Waals surface area (Å²) in [4.78, 5) is 11.8. The third kappa shape index (κ3) is 4.35. The van der Waals surface area contributed by atoms with E-state index in [1.165, 1.54) is 0 Å². The van der Waals surface area contributed by atoms with Crippen molar-refractivity contribution in [2.24, 2.45) is 5.73 Å². The summed E-state index contributed by atoms with van der Waals surface area (Å²) in [7, 11) is 0. The number of carbonyl (C=O) groups excluding carboxylic acids is 1. The molecule has 0 bridgehead atoms. The van der Waals surface area contributed by atoms with E-state index >= 15 is 0 Å². The summed E-state index contributed by atoms with van der Waals surface area (Å²) in [6.45, 7) is 9.72. The van der Waals surface area contributed by atoms with E-state index in [9.17, 15) is 4.79 Å². The molecule has 0 radical (unpaired) electrons. The van der Waals surface area contributed by atoms with Gasteiger partial charge in [0.15, 0.2) is 0 Å². The van der Waals surface area contributed by atoms with Crippen molar-refractivity contribution in [1.29, 1.82) is 0 Å². The highest BCUT2D eigenvalue weighted by atomic mass is 16.6. The van der Waals surface area contributed by atoms with Crippen molar-refractivity contribution in [2.45, 2.75) is 64.5 Å². The fourth-order valence-corrected chi connectivity index (χ4v) is 1.67. The van der Waals surface area contributed by atoms with Crippen molar-refractivity contribution in [1.82, 2.24) is 0 Å². The third-order valence-corrected chi connectivity index (χ3v) is 3.23. The van der Waals surface area contributed by atoms with Crippen LogP contribution in [0.25, 0.3) is 0 Å². The molecule has 0 spiro atoms. The van der Waals surface area contributed by atoms with Gasteiger partial charge in [0.05, 0.1) is 0 Å². The van der Waals surface area contributed by atoms with Crippen molar-refractivity contribution in [3.05, 3.63) is 12.7 Å². The van der Waals surface area contributed by atoms with Gasteiger partial charge in [0, 0.05) is 0 Å². The molecule has 1 unspecified atom stereocenters. The molecule has 0 rings (SSSR count). The number of ether oxygens (including phenoxy) is 1. The first-order valence-corrected chi connectivity index (χ1v) is 6.14. The highest BCUT2D eigenvalue weighted by molar-refractivity contribution is 5.75. The molecule has 0 fully saturated rings. The molecule has 0 heterocycles. The largest absolute Gasteiger partial charge is 0.458 e. The van der Waals surface area contributed by atoms with E-state index in [0.29, 0.717) is 6.42 Å². The fraction of sp³-hybridized carbons (Fsp3) is 0.769. The second kappa shape index (κ2) is 7.44. The summed E-state index contributed by atoms with van der Waals surface area (Å²) in [6.07, 6.45) is 5.61. The molecular weight excluding hydrogens is 202 g/mol. The third-order valence-electron chi connectivity index (χ3n) is 3.23. The van der Waals surface area contributed by atoms with Crippen molar-refractivity contribution in [2.75, 3.05) is 0 Å². The summed E-state index contributed by atoms with van der Waals surface area (Å²) in [5, 5.41) is 0. The second-order valence-corrected chi connectivity index (χ2v) is 4.14. The molecule has 0 saturated heterocycles. The minimum atomic E-state index is -0.526. The maximum absolute atomic E-state index is 11.8. The molecule has 0 aromatic rings. The number of nitrogens with two attached hydrogens (primary N) is 1. The molecule has 0 aromatic carbocycles. The number of hydrogen-bond acceptors (Lipinski definition) is 3. The van der Waals surface area contributed by atoms with Crippen LogP contribution in [-0.2, 0) is 9.53 Å². The standard InChI is InChI=1S/C13H25NO2/c1-5-9-10-11(14)12(15)16-13(6-2,7-3)8-4/h5,11H,1,6-10,14H2,2-4H3. The molecule has 3 nitrogen and oxygen atoms in total. The molecule has 0 saturated carbocycles. The summed E-state index contributed by atoms with van der Waals surface area (Å²) in [6, 6.07) is -0.526. The first-order chi connectivity index (χ1) is 7.55. The molecule has 0 aliphatic carbocycles. The van der Waals surface area contributed by atoms with Crippen molar-refractivity contribution >= 4 is 5.97 Å². The van der Waals surface area contributed by atoms with Crippen molar-refractivity contribution < 1.29 is 9.53 Å². The summed E-state index contributed by atoms with van der Waals surface area (Å²) >= 11 is 0. The van der Waals surface area contributed by atoms with Crippen molar-refractivity contribution in [3.8, 4) is 0 Å². The van der Waals surface area contributed by atoms with E-state index in [1.54, 1.807) is 6.08 Å². The fourth-order valence-electron chi connectivity index (χ4n) is 1.67.